The number of hydrogen-bond donors (Lipinski definition) is 0. The zero-order valence-electron chi connectivity index (χ0n) is 17.1. The fraction of sp³-hybridized carbons (Fsp3) is 0.273. The molecule has 1 aromatic heterocycles. The molecule has 1 aliphatic rings. The van der Waals surface area contributed by atoms with E-state index in [1.165, 1.54) is 15.6 Å². The van der Waals surface area contributed by atoms with Crippen LogP contribution in [0.25, 0.3) is 11.3 Å². The van der Waals surface area contributed by atoms with Crippen molar-refractivity contribution >= 4 is 38.7 Å². The lowest BCUT2D eigenvalue weighted by Crippen LogP contribution is -2.40. The summed E-state index contributed by atoms with van der Waals surface area (Å²) in [6.07, 6.45) is 0.161. The summed E-state index contributed by atoms with van der Waals surface area (Å²) in [5, 5.41) is 3.07. The second kappa shape index (κ2) is 10.1. The Kier molecular flexibility index (Phi) is 7.22. The van der Waals surface area contributed by atoms with Crippen molar-refractivity contribution in [3.63, 3.8) is 0 Å². The van der Waals surface area contributed by atoms with Crippen LogP contribution < -0.4 is 4.74 Å². The fourth-order valence-corrected chi connectivity index (χ4v) is 5.62. The van der Waals surface area contributed by atoms with Gasteiger partial charge in [-0.3, -0.25) is 4.79 Å². The molecule has 10 heteroatoms. The van der Waals surface area contributed by atoms with Gasteiger partial charge in [-0.2, -0.15) is 4.31 Å². The van der Waals surface area contributed by atoms with E-state index in [0.717, 1.165) is 5.56 Å². The van der Waals surface area contributed by atoms with E-state index >= 15 is 0 Å². The number of ketones is 1. The van der Waals surface area contributed by atoms with Crippen molar-refractivity contribution in [2.75, 3.05) is 32.9 Å². The Morgan fingerprint density at radius 3 is 2.62 bits per heavy atom. The van der Waals surface area contributed by atoms with Crippen LogP contribution in [0.1, 0.15) is 5.01 Å². The van der Waals surface area contributed by atoms with Crippen LogP contribution in [0.3, 0.4) is 0 Å². The smallest absolute Gasteiger partial charge is 0.243 e. The Hall–Kier alpha value is -2.30. The molecular formula is C22H21ClN2O5S2. The Bertz CT molecular complexity index is 1190. The molecule has 2 aromatic carbocycles. The van der Waals surface area contributed by atoms with E-state index in [1.807, 2.05) is 5.38 Å². The highest BCUT2D eigenvalue weighted by molar-refractivity contribution is 7.89. The summed E-state index contributed by atoms with van der Waals surface area (Å²) in [5.74, 6) is 0.440. The number of rotatable bonds is 8. The quantitative estimate of drug-likeness (QED) is 0.477. The summed E-state index contributed by atoms with van der Waals surface area (Å²) >= 11 is 7.29. The van der Waals surface area contributed by atoms with Gasteiger partial charge >= 0.3 is 0 Å². The summed E-state index contributed by atoms with van der Waals surface area (Å²) in [7, 11) is -3.53. The monoisotopic (exact) mass is 492 g/mol. The van der Waals surface area contributed by atoms with Crippen molar-refractivity contribution in [1.29, 1.82) is 0 Å². The number of Topliss-reactive ketones (excluding diaryl/α,β-unsaturated/α-hetero) is 1. The minimum absolute atomic E-state index is 0.0661. The zero-order chi connectivity index (χ0) is 22.6. The molecule has 2 heterocycles. The Balaban J connectivity index is 1.37. The summed E-state index contributed by atoms with van der Waals surface area (Å²) < 4.78 is 37.6. The predicted octanol–water partition coefficient (Wildman–Crippen LogP) is 3.68. The maximum atomic E-state index is 12.7. The highest BCUT2D eigenvalue weighted by Gasteiger charge is 2.26. The van der Waals surface area contributed by atoms with Gasteiger partial charge in [-0.1, -0.05) is 29.8 Å². The Labute approximate surface area is 195 Å². The van der Waals surface area contributed by atoms with Gasteiger partial charge in [-0.15, -0.1) is 11.3 Å². The van der Waals surface area contributed by atoms with Crippen LogP contribution in [-0.2, 0) is 26.0 Å². The first-order valence-electron chi connectivity index (χ1n) is 9.94. The zero-order valence-corrected chi connectivity index (χ0v) is 19.5. The third-order valence-corrected chi connectivity index (χ3v) is 7.85. The van der Waals surface area contributed by atoms with Crippen LogP contribution >= 0.6 is 22.9 Å². The molecule has 7 nitrogen and oxygen atoms in total. The second-order valence-corrected chi connectivity index (χ2v) is 10.4. The molecule has 3 aromatic rings. The van der Waals surface area contributed by atoms with Crippen molar-refractivity contribution in [2.24, 2.45) is 0 Å². The van der Waals surface area contributed by atoms with E-state index in [4.69, 9.17) is 21.1 Å². The number of morpholine rings is 1. The molecule has 4 rings (SSSR count). The van der Waals surface area contributed by atoms with Gasteiger partial charge in [0.05, 0.1) is 30.2 Å². The number of carbonyl (C=O) groups is 1. The Morgan fingerprint density at radius 2 is 1.91 bits per heavy atom. The SMILES string of the molecule is O=C(COc1cccc(Cl)c1)Cc1nc(-c2ccc(S(=O)(=O)N3CCOCC3)cc2)cs1. The van der Waals surface area contributed by atoms with Crippen molar-refractivity contribution < 1.29 is 22.7 Å². The molecule has 32 heavy (non-hydrogen) atoms. The number of thiazole rings is 1. The van der Waals surface area contributed by atoms with E-state index in [9.17, 15) is 13.2 Å². The molecule has 1 aliphatic heterocycles. The molecule has 0 aliphatic carbocycles. The van der Waals surface area contributed by atoms with Gasteiger partial charge in [0, 0.05) is 29.1 Å². The number of ether oxygens (including phenoxy) is 2. The standard InChI is InChI=1S/C22H21ClN2O5S2/c23-17-2-1-3-19(12-17)30-14-18(26)13-22-24-21(15-31-22)16-4-6-20(7-5-16)32(27,28)25-8-10-29-11-9-25/h1-7,12,15H,8-11,13-14H2. The summed E-state index contributed by atoms with van der Waals surface area (Å²) in [4.78, 5) is 17.0. The number of aromatic nitrogens is 1. The van der Waals surface area contributed by atoms with E-state index < -0.39 is 10.0 Å². The minimum Gasteiger partial charge on any atom is -0.486 e. The average Bonchev–Trinajstić information content (AvgIpc) is 3.27. The molecule has 0 bridgehead atoms. The lowest BCUT2D eigenvalue weighted by atomic mass is 10.2. The van der Waals surface area contributed by atoms with Crippen molar-refractivity contribution in [3.8, 4) is 17.0 Å². The topological polar surface area (TPSA) is 85.8 Å². The summed E-state index contributed by atoms with van der Waals surface area (Å²) in [6.45, 7) is 1.45. The normalized spacial score (nSPS) is 14.9. The molecule has 0 N–H and O–H groups in total. The van der Waals surface area contributed by atoms with Crippen molar-refractivity contribution in [1.82, 2.24) is 9.29 Å². The van der Waals surface area contributed by atoms with Gasteiger partial charge in [0.25, 0.3) is 0 Å². The fourth-order valence-electron chi connectivity index (χ4n) is 3.20. The molecule has 0 unspecified atom stereocenters. The summed E-state index contributed by atoms with van der Waals surface area (Å²) in [5.41, 5.74) is 1.49. The van der Waals surface area contributed by atoms with E-state index in [1.54, 1.807) is 48.5 Å². The van der Waals surface area contributed by atoms with E-state index in [0.29, 0.717) is 47.8 Å². The van der Waals surface area contributed by atoms with Crippen LogP contribution in [0.15, 0.2) is 58.8 Å². The average molecular weight is 493 g/mol. The van der Waals surface area contributed by atoms with Crippen LogP contribution in [0, 0.1) is 0 Å². The lowest BCUT2D eigenvalue weighted by Gasteiger charge is -2.26. The Morgan fingerprint density at radius 1 is 1.16 bits per heavy atom. The van der Waals surface area contributed by atoms with Gasteiger partial charge in [0.15, 0.2) is 5.78 Å². The maximum absolute atomic E-state index is 12.7. The lowest BCUT2D eigenvalue weighted by molar-refractivity contribution is -0.120. The third kappa shape index (κ3) is 5.54. The molecule has 0 amide bonds. The summed E-state index contributed by atoms with van der Waals surface area (Å²) in [6, 6.07) is 13.5. The minimum atomic E-state index is -3.53. The molecule has 0 radical (unpaired) electrons. The first kappa shape index (κ1) is 22.9. The maximum Gasteiger partial charge on any atom is 0.243 e. The second-order valence-electron chi connectivity index (χ2n) is 7.13. The van der Waals surface area contributed by atoms with Crippen LogP contribution in [-0.4, -0.2) is 56.4 Å². The van der Waals surface area contributed by atoms with E-state index in [2.05, 4.69) is 4.98 Å². The number of halogens is 1. The van der Waals surface area contributed by atoms with E-state index in [-0.39, 0.29) is 23.7 Å². The van der Waals surface area contributed by atoms with Crippen molar-refractivity contribution in [2.45, 2.75) is 11.3 Å². The molecule has 0 saturated carbocycles. The number of sulfonamides is 1. The van der Waals surface area contributed by atoms with Crippen LogP contribution in [0.4, 0.5) is 0 Å². The number of nitrogens with zero attached hydrogens (tertiary/aromatic N) is 2. The molecular weight excluding hydrogens is 472 g/mol. The number of carbonyl (C=O) groups excluding carboxylic acids is 1. The molecule has 168 valence electrons. The molecule has 1 fully saturated rings. The van der Waals surface area contributed by atoms with Crippen LogP contribution in [0.5, 0.6) is 5.75 Å². The molecule has 0 spiro atoms. The first-order chi connectivity index (χ1) is 15.4. The van der Waals surface area contributed by atoms with Gasteiger partial charge in [0.2, 0.25) is 10.0 Å². The van der Waals surface area contributed by atoms with Gasteiger partial charge in [-0.25, -0.2) is 13.4 Å². The van der Waals surface area contributed by atoms with Gasteiger partial charge in [-0.05, 0) is 30.3 Å². The largest absolute Gasteiger partial charge is 0.486 e. The first-order valence-corrected chi connectivity index (χ1v) is 12.6. The third-order valence-electron chi connectivity index (χ3n) is 4.85. The highest BCUT2D eigenvalue weighted by atomic mass is 35.5. The molecule has 1 saturated heterocycles. The predicted molar refractivity (Wildman–Crippen MR) is 123 cm³/mol. The molecule has 0 atom stereocenters. The van der Waals surface area contributed by atoms with Crippen molar-refractivity contribution in [3.05, 3.63) is 63.9 Å². The van der Waals surface area contributed by atoms with Crippen LogP contribution in [0.2, 0.25) is 5.02 Å². The number of hydrogen-bond acceptors (Lipinski definition) is 7. The van der Waals surface area contributed by atoms with Gasteiger partial charge in [0.1, 0.15) is 17.4 Å². The van der Waals surface area contributed by atoms with Gasteiger partial charge < -0.3 is 9.47 Å². The number of benzene rings is 2. The highest BCUT2D eigenvalue weighted by Crippen LogP contribution is 2.25.